The molecule has 1 aliphatic rings. The van der Waals surface area contributed by atoms with Gasteiger partial charge in [0, 0.05) is 24.3 Å². The summed E-state index contributed by atoms with van der Waals surface area (Å²) in [4.78, 5) is 13.7. The zero-order chi connectivity index (χ0) is 14.0. The van der Waals surface area contributed by atoms with E-state index in [-0.39, 0.29) is 5.91 Å². The van der Waals surface area contributed by atoms with E-state index in [0.717, 1.165) is 23.9 Å². The van der Waals surface area contributed by atoms with E-state index in [2.05, 4.69) is 4.72 Å². The van der Waals surface area contributed by atoms with Gasteiger partial charge in [-0.05, 0) is 36.6 Å². The minimum absolute atomic E-state index is 0.137. The van der Waals surface area contributed by atoms with Crippen LogP contribution in [0.2, 0.25) is 0 Å². The highest BCUT2D eigenvalue weighted by Gasteiger charge is 2.23. The van der Waals surface area contributed by atoms with Crippen LogP contribution in [0.3, 0.4) is 0 Å². The lowest BCUT2D eigenvalue weighted by molar-refractivity contribution is -0.118. The highest BCUT2D eigenvalue weighted by molar-refractivity contribution is 7.92. The molecule has 1 heterocycles. The third-order valence-corrected chi connectivity index (χ3v) is 3.64. The maximum absolute atomic E-state index is 11.9. The van der Waals surface area contributed by atoms with Crippen LogP contribution < -0.4 is 9.62 Å². The van der Waals surface area contributed by atoms with Crippen molar-refractivity contribution in [2.45, 2.75) is 26.2 Å². The number of carbonyl (C=O) groups excluding carboxylic acids is 1. The molecule has 1 aliphatic heterocycles. The monoisotopic (exact) mass is 282 g/mol. The van der Waals surface area contributed by atoms with E-state index in [0.29, 0.717) is 25.1 Å². The number of rotatable bonds is 4. The average molecular weight is 282 g/mol. The summed E-state index contributed by atoms with van der Waals surface area (Å²) in [6.45, 7) is 2.73. The van der Waals surface area contributed by atoms with E-state index in [1.165, 1.54) is 0 Å². The van der Waals surface area contributed by atoms with Crippen LogP contribution in [0.1, 0.15) is 25.3 Å². The van der Waals surface area contributed by atoms with E-state index in [1.54, 1.807) is 11.0 Å². The van der Waals surface area contributed by atoms with Gasteiger partial charge >= 0.3 is 0 Å². The van der Waals surface area contributed by atoms with Crippen LogP contribution in [0, 0.1) is 0 Å². The molecule has 0 bridgehead atoms. The molecular formula is C13H18N2O3S. The largest absolute Gasteiger partial charge is 0.312 e. The van der Waals surface area contributed by atoms with Crippen LogP contribution in [-0.4, -0.2) is 27.1 Å². The van der Waals surface area contributed by atoms with Crippen molar-refractivity contribution in [2.24, 2.45) is 0 Å². The quantitative estimate of drug-likeness (QED) is 0.915. The van der Waals surface area contributed by atoms with Gasteiger partial charge in [0.05, 0.1) is 6.26 Å². The molecule has 104 valence electrons. The van der Waals surface area contributed by atoms with Gasteiger partial charge in [0.25, 0.3) is 0 Å². The SMILES string of the molecule is CCCN1C(=O)CCc2cc(NS(C)(=O)=O)ccc21. The van der Waals surface area contributed by atoms with Crippen LogP contribution in [-0.2, 0) is 21.2 Å². The van der Waals surface area contributed by atoms with E-state index in [4.69, 9.17) is 0 Å². The summed E-state index contributed by atoms with van der Waals surface area (Å²) >= 11 is 0. The number of nitrogens with one attached hydrogen (secondary N) is 1. The van der Waals surface area contributed by atoms with Crippen LogP contribution in [0.25, 0.3) is 0 Å². The number of hydrogen-bond donors (Lipinski definition) is 1. The lowest BCUT2D eigenvalue weighted by atomic mass is 10.0. The molecule has 0 spiro atoms. The lowest BCUT2D eigenvalue weighted by Crippen LogP contribution is -2.35. The number of aryl methyl sites for hydroxylation is 1. The molecule has 1 N–H and O–H groups in total. The maximum Gasteiger partial charge on any atom is 0.229 e. The number of anilines is 2. The number of hydrogen-bond acceptors (Lipinski definition) is 3. The Balaban J connectivity index is 2.33. The number of benzene rings is 1. The molecule has 1 aromatic carbocycles. The fraction of sp³-hybridized carbons (Fsp3) is 0.462. The van der Waals surface area contributed by atoms with E-state index in [9.17, 15) is 13.2 Å². The van der Waals surface area contributed by atoms with Crippen molar-refractivity contribution in [2.75, 3.05) is 22.4 Å². The molecular weight excluding hydrogens is 264 g/mol. The summed E-state index contributed by atoms with van der Waals surface area (Å²) in [5, 5.41) is 0. The van der Waals surface area contributed by atoms with Gasteiger partial charge in [0.15, 0.2) is 0 Å². The third kappa shape index (κ3) is 3.26. The van der Waals surface area contributed by atoms with Gasteiger partial charge in [-0.3, -0.25) is 9.52 Å². The Labute approximate surface area is 113 Å². The number of amides is 1. The molecule has 6 heteroatoms. The molecule has 0 saturated carbocycles. The Bertz CT molecular complexity index is 596. The molecule has 2 rings (SSSR count). The van der Waals surface area contributed by atoms with Crippen molar-refractivity contribution >= 4 is 27.3 Å². The van der Waals surface area contributed by atoms with Crippen molar-refractivity contribution in [1.29, 1.82) is 0 Å². The molecule has 0 radical (unpaired) electrons. The third-order valence-electron chi connectivity index (χ3n) is 3.03. The van der Waals surface area contributed by atoms with Gasteiger partial charge in [0.1, 0.15) is 0 Å². The van der Waals surface area contributed by atoms with Crippen LogP contribution in [0.5, 0.6) is 0 Å². The van der Waals surface area contributed by atoms with E-state index < -0.39 is 10.0 Å². The normalized spacial score (nSPS) is 15.3. The highest BCUT2D eigenvalue weighted by atomic mass is 32.2. The molecule has 0 aromatic heterocycles. The van der Waals surface area contributed by atoms with Gasteiger partial charge < -0.3 is 4.90 Å². The van der Waals surface area contributed by atoms with Crippen LogP contribution in [0.4, 0.5) is 11.4 Å². The zero-order valence-electron chi connectivity index (χ0n) is 11.1. The zero-order valence-corrected chi connectivity index (χ0v) is 12.0. The Kier molecular flexibility index (Phi) is 3.80. The van der Waals surface area contributed by atoms with Crippen molar-refractivity contribution in [1.82, 2.24) is 0 Å². The standard InChI is InChI=1S/C13H18N2O3S/c1-3-8-15-12-6-5-11(14-19(2,17)18)9-10(12)4-7-13(15)16/h5-6,9,14H,3-4,7-8H2,1-2H3. The molecule has 5 nitrogen and oxygen atoms in total. The topological polar surface area (TPSA) is 66.5 Å². The Morgan fingerprint density at radius 1 is 1.32 bits per heavy atom. The Hall–Kier alpha value is -1.56. The smallest absolute Gasteiger partial charge is 0.229 e. The van der Waals surface area contributed by atoms with Crippen LogP contribution in [0.15, 0.2) is 18.2 Å². The summed E-state index contributed by atoms with van der Waals surface area (Å²) in [5.41, 5.74) is 2.46. The van der Waals surface area contributed by atoms with Crippen molar-refractivity contribution in [3.8, 4) is 0 Å². The van der Waals surface area contributed by atoms with Gasteiger partial charge in [-0.1, -0.05) is 6.92 Å². The molecule has 1 amide bonds. The summed E-state index contributed by atoms with van der Waals surface area (Å²) in [5.74, 6) is 0.137. The maximum atomic E-state index is 11.9. The number of sulfonamides is 1. The van der Waals surface area contributed by atoms with Gasteiger partial charge in [-0.15, -0.1) is 0 Å². The first-order valence-electron chi connectivity index (χ1n) is 6.32. The number of nitrogens with zero attached hydrogens (tertiary/aromatic N) is 1. The van der Waals surface area contributed by atoms with Crippen molar-refractivity contribution < 1.29 is 13.2 Å². The fourth-order valence-corrected chi connectivity index (χ4v) is 2.86. The molecule has 19 heavy (non-hydrogen) atoms. The molecule has 0 fully saturated rings. The first-order valence-corrected chi connectivity index (χ1v) is 8.21. The van der Waals surface area contributed by atoms with Crippen molar-refractivity contribution in [3.05, 3.63) is 23.8 Å². The first-order chi connectivity index (χ1) is 8.90. The van der Waals surface area contributed by atoms with Crippen LogP contribution >= 0.6 is 0 Å². The van der Waals surface area contributed by atoms with E-state index >= 15 is 0 Å². The minimum atomic E-state index is -3.27. The minimum Gasteiger partial charge on any atom is -0.312 e. The second-order valence-corrected chi connectivity index (χ2v) is 6.51. The van der Waals surface area contributed by atoms with Gasteiger partial charge in [-0.2, -0.15) is 0 Å². The van der Waals surface area contributed by atoms with E-state index in [1.807, 2.05) is 19.1 Å². The predicted molar refractivity (Wildman–Crippen MR) is 75.9 cm³/mol. The lowest BCUT2D eigenvalue weighted by Gasteiger charge is -2.29. The Morgan fingerprint density at radius 2 is 2.05 bits per heavy atom. The second-order valence-electron chi connectivity index (χ2n) is 4.76. The summed E-state index contributed by atoms with van der Waals surface area (Å²) < 4.78 is 24.9. The van der Waals surface area contributed by atoms with Crippen molar-refractivity contribution in [3.63, 3.8) is 0 Å². The number of carbonyl (C=O) groups is 1. The highest BCUT2D eigenvalue weighted by Crippen LogP contribution is 2.30. The summed E-state index contributed by atoms with van der Waals surface area (Å²) in [6.07, 6.45) is 3.16. The molecule has 0 atom stereocenters. The molecule has 0 unspecified atom stereocenters. The molecule has 0 saturated heterocycles. The summed E-state index contributed by atoms with van der Waals surface area (Å²) in [6, 6.07) is 5.32. The van der Waals surface area contributed by atoms with Gasteiger partial charge in [-0.25, -0.2) is 8.42 Å². The second kappa shape index (κ2) is 5.21. The average Bonchev–Trinajstić information content (AvgIpc) is 2.31. The summed E-state index contributed by atoms with van der Waals surface area (Å²) in [7, 11) is -3.27. The molecule has 1 aromatic rings. The predicted octanol–water partition coefficient (Wildman–Crippen LogP) is 1.75. The number of fused-ring (bicyclic) bond motifs is 1. The first kappa shape index (κ1) is 13.9. The fourth-order valence-electron chi connectivity index (χ4n) is 2.31. The van der Waals surface area contributed by atoms with Gasteiger partial charge in [0.2, 0.25) is 15.9 Å². The Morgan fingerprint density at radius 3 is 2.68 bits per heavy atom. The molecule has 0 aliphatic carbocycles.